The van der Waals surface area contributed by atoms with Crippen molar-refractivity contribution in [1.82, 2.24) is 10.3 Å². The Morgan fingerprint density at radius 1 is 1.25 bits per heavy atom. The number of unbranched alkanes of at least 4 members (excludes halogenated alkanes) is 2. The Kier molecular flexibility index (Phi) is 6.24. The third-order valence-corrected chi connectivity index (χ3v) is 3.19. The summed E-state index contributed by atoms with van der Waals surface area (Å²) in [6, 6.07) is 0. The Labute approximate surface area is 118 Å². The lowest BCUT2D eigenvalue weighted by Gasteiger charge is -2.06. The number of carboxylic acids is 1. The highest BCUT2D eigenvalue weighted by Gasteiger charge is 2.20. The summed E-state index contributed by atoms with van der Waals surface area (Å²) in [4.78, 5) is 25.8. The molecule has 1 amide bonds. The topological polar surface area (TPSA) is 91.4 Å². The summed E-state index contributed by atoms with van der Waals surface area (Å²) in [5.41, 5.74) is 1.57. The van der Waals surface area contributed by atoms with Gasteiger partial charge in [-0.25, -0.2) is 4.79 Å². The lowest BCUT2D eigenvalue weighted by molar-refractivity contribution is 0.0690. The van der Waals surface area contributed by atoms with Crippen LogP contribution in [0.25, 0.3) is 0 Å². The maximum Gasteiger partial charge on any atom is 0.352 e. The number of rotatable bonds is 8. The Morgan fingerprint density at radius 2 is 1.95 bits per heavy atom. The average Bonchev–Trinajstić information content (AvgIpc) is 2.69. The number of carbonyl (C=O) groups excluding carboxylic acids is 1. The van der Waals surface area contributed by atoms with Crippen LogP contribution in [0.2, 0.25) is 0 Å². The first-order valence-electron chi connectivity index (χ1n) is 6.68. The fraction of sp³-hybridized carbons (Fsp3) is 0.571. The smallest absolute Gasteiger partial charge is 0.352 e. The molecule has 0 bridgehead atoms. The fourth-order valence-electron chi connectivity index (χ4n) is 2.14. The van der Waals surface area contributed by atoms with Crippen LogP contribution in [0.3, 0.4) is 0 Å². The molecule has 0 aliphatic carbocycles. The molecule has 0 aliphatic rings. The van der Waals surface area contributed by atoms with Crippen molar-refractivity contribution in [3.8, 4) is 0 Å². The zero-order valence-electron chi connectivity index (χ0n) is 12.2. The molecular formula is C14H22N2O4. The third-order valence-electron chi connectivity index (χ3n) is 3.19. The van der Waals surface area contributed by atoms with Crippen LogP contribution >= 0.6 is 0 Å². The van der Waals surface area contributed by atoms with E-state index in [1.807, 2.05) is 0 Å². The van der Waals surface area contributed by atoms with E-state index in [1.165, 1.54) is 0 Å². The van der Waals surface area contributed by atoms with Gasteiger partial charge < -0.3 is 20.1 Å². The lowest BCUT2D eigenvalue weighted by Crippen LogP contribution is -2.25. The quantitative estimate of drug-likeness (QED) is 0.635. The number of aromatic carboxylic acids is 1. The van der Waals surface area contributed by atoms with Crippen molar-refractivity contribution in [3.63, 3.8) is 0 Å². The number of aromatic amines is 1. The number of methoxy groups -OCH3 is 1. The van der Waals surface area contributed by atoms with Crippen molar-refractivity contribution < 1.29 is 19.4 Å². The van der Waals surface area contributed by atoms with E-state index in [0.29, 0.717) is 23.4 Å². The first kappa shape index (κ1) is 16.2. The summed E-state index contributed by atoms with van der Waals surface area (Å²) in [5.74, 6) is -1.28. The molecule has 0 saturated heterocycles. The molecule has 0 unspecified atom stereocenters. The van der Waals surface area contributed by atoms with Gasteiger partial charge >= 0.3 is 5.97 Å². The summed E-state index contributed by atoms with van der Waals surface area (Å²) in [6.45, 7) is 4.65. The van der Waals surface area contributed by atoms with Crippen LogP contribution in [-0.2, 0) is 4.74 Å². The van der Waals surface area contributed by atoms with Crippen LogP contribution in [0.1, 0.15) is 51.4 Å². The van der Waals surface area contributed by atoms with E-state index in [1.54, 1.807) is 21.0 Å². The summed E-state index contributed by atoms with van der Waals surface area (Å²) in [6.07, 6.45) is 2.83. The van der Waals surface area contributed by atoms with E-state index in [9.17, 15) is 9.59 Å². The molecule has 0 aromatic carbocycles. The highest BCUT2D eigenvalue weighted by Crippen LogP contribution is 2.17. The van der Waals surface area contributed by atoms with Crippen molar-refractivity contribution in [2.45, 2.75) is 33.1 Å². The normalized spacial score (nSPS) is 10.6. The first-order valence-corrected chi connectivity index (χ1v) is 6.68. The Morgan fingerprint density at radius 3 is 2.50 bits per heavy atom. The number of carboxylic acid groups (broad SMARTS) is 1. The molecule has 0 spiro atoms. The van der Waals surface area contributed by atoms with Crippen molar-refractivity contribution in [2.75, 3.05) is 20.3 Å². The molecule has 0 fully saturated rings. The maximum absolute atomic E-state index is 12.1. The van der Waals surface area contributed by atoms with Crippen LogP contribution in [0.5, 0.6) is 0 Å². The van der Waals surface area contributed by atoms with Gasteiger partial charge in [-0.05, 0) is 38.7 Å². The number of ether oxygens (including phenoxy) is 1. The monoisotopic (exact) mass is 282 g/mol. The molecule has 1 aromatic rings. The van der Waals surface area contributed by atoms with E-state index in [0.717, 1.165) is 25.9 Å². The predicted octanol–water partition coefficient (Wildman–Crippen LogP) is 1.88. The predicted molar refractivity (Wildman–Crippen MR) is 75.3 cm³/mol. The second kappa shape index (κ2) is 7.69. The van der Waals surface area contributed by atoms with Crippen LogP contribution in [0.4, 0.5) is 0 Å². The molecule has 1 aromatic heterocycles. The van der Waals surface area contributed by atoms with Gasteiger partial charge in [0.2, 0.25) is 0 Å². The third kappa shape index (κ3) is 4.09. The molecule has 1 heterocycles. The summed E-state index contributed by atoms with van der Waals surface area (Å²) < 4.78 is 4.95. The van der Waals surface area contributed by atoms with Crippen LogP contribution in [-0.4, -0.2) is 42.2 Å². The molecule has 0 radical (unpaired) electrons. The highest BCUT2D eigenvalue weighted by atomic mass is 16.5. The zero-order valence-corrected chi connectivity index (χ0v) is 12.2. The number of hydrogen-bond donors (Lipinski definition) is 3. The molecule has 1 rings (SSSR count). The van der Waals surface area contributed by atoms with Gasteiger partial charge in [-0.3, -0.25) is 4.79 Å². The molecule has 3 N–H and O–H groups in total. The summed E-state index contributed by atoms with van der Waals surface area (Å²) in [7, 11) is 1.67. The number of hydrogen-bond acceptors (Lipinski definition) is 3. The number of aryl methyl sites for hydroxylation is 1. The Hall–Kier alpha value is -1.82. The van der Waals surface area contributed by atoms with Crippen molar-refractivity contribution >= 4 is 11.9 Å². The van der Waals surface area contributed by atoms with E-state index in [2.05, 4.69) is 10.3 Å². The van der Waals surface area contributed by atoms with Crippen molar-refractivity contribution in [2.24, 2.45) is 0 Å². The van der Waals surface area contributed by atoms with Gasteiger partial charge in [0, 0.05) is 26.0 Å². The Balaban J connectivity index is 2.54. The average molecular weight is 282 g/mol. The van der Waals surface area contributed by atoms with E-state index in [-0.39, 0.29) is 11.6 Å². The van der Waals surface area contributed by atoms with Crippen molar-refractivity contribution in [3.05, 3.63) is 22.5 Å². The number of H-pyrrole nitrogens is 1. The minimum Gasteiger partial charge on any atom is -0.477 e. The minimum atomic E-state index is -1.05. The van der Waals surface area contributed by atoms with Crippen molar-refractivity contribution in [1.29, 1.82) is 0 Å². The van der Waals surface area contributed by atoms with Gasteiger partial charge in [0.05, 0.1) is 5.56 Å². The molecule has 0 aliphatic heterocycles. The molecule has 0 saturated carbocycles. The first-order chi connectivity index (χ1) is 9.49. The molecule has 112 valence electrons. The van der Waals surface area contributed by atoms with Gasteiger partial charge in [-0.15, -0.1) is 0 Å². The second-order valence-corrected chi connectivity index (χ2v) is 4.74. The second-order valence-electron chi connectivity index (χ2n) is 4.74. The van der Waals surface area contributed by atoms with Gasteiger partial charge in [-0.2, -0.15) is 0 Å². The van der Waals surface area contributed by atoms with Gasteiger partial charge in [0.1, 0.15) is 5.69 Å². The minimum absolute atomic E-state index is 0.0766. The molecular weight excluding hydrogens is 260 g/mol. The van der Waals surface area contributed by atoms with Crippen LogP contribution in [0, 0.1) is 13.8 Å². The standard InChI is InChI=1S/C14H22N2O4/c1-9-11(10(2)16-12(9)14(18)19)13(17)15-7-5-4-6-8-20-3/h16H,4-8H2,1-3H3,(H,15,17)(H,18,19). The fourth-order valence-corrected chi connectivity index (χ4v) is 2.14. The van der Waals surface area contributed by atoms with Crippen LogP contribution in [0.15, 0.2) is 0 Å². The van der Waals surface area contributed by atoms with Gasteiger partial charge in [0.15, 0.2) is 0 Å². The number of aromatic nitrogens is 1. The molecule has 0 atom stereocenters. The number of amides is 1. The van der Waals surface area contributed by atoms with Gasteiger partial charge in [0.25, 0.3) is 5.91 Å². The van der Waals surface area contributed by atoms with E-state index < -0.39 is 5.97 Å². The maximum atomic E-state index is 12.1. The van der Waals surface area contributed by atoms with Gasteiger partial charge in [-0.1, -0.05) is 0 Å². The number of carbonyl (C=O) groups is 2. The molecule has 6 heteroatoms. The summed E-state index contributed by atoms with van der Waals surface area (Å²) in [5, 5.41) is 11.8. The van der Waals surface area contributed by atoms with E-state index in [4.69, 9.17) is 9.84 Å². The Bertz CT molecular complexity index is 480. The lowest BCUT2D eigenvalue weighted by atomic mass is 10.1. The van der Waals surface area contributed by atoms with E-state index >= 15 is 0 Å². The zero-order chi connectivity index (χ0) is 15.1. The number of nitrogens with one attached hydrogen (secondary N) is 2. The van der Waals surface area contributed by atoms with Crippen LogP contribution < -0.4 is 5.32 Å². The highest BCUT2D eigenvalue weighted by molar-refractivity contribution is 6.00. The molecule has 6 nitrogen and oxygen atoms in total. The summed E-state index contributed by atoms with van der Waals surface area (Å²) >= 11 is 0. The molecule has 20 heavy (non-hydrogen) atoms. The largest absolute Gasteiger partial charge is 0.477 e. The SMILES string of the molecule is COCCCCCNC(=O)c1c(C)[nH]c(C(=O)O)c1C.